The molecule has 8 aliphatic rings. The van der Waals surface area contributed by atoms with E-state index in [1.165, 1.54) is 111 Å². The quantitative estimate of drug-likeness (QED) is 0.162. The molecule has 0 heterocycles. The van der Waals surface area contributed by atoms with E-state index < -0.39 is 0 Å². The molecule has 0 N–H and O–H groups in total. The van der Waals surface area contributed by atoms with Crippen molar-refractivity contribution in [1.82, 2.24) is 0 Å². The van der Waals surface area contributed by atoms with Gasteiger partial charge in [-0.1, -0.05) is 134 Å². The molecule has 13 rings (SSSR count). The molecule has 0 spiro atoms. The fourth-order valence-corrected chi connectivity index (χ4v) is 11.3. The molecule has 5 aromatic carbocycles. The van der Waals surface area contributed by atoms with Gasteiger partial charge in [0.15, 0.2) is 0 Å². The summed E-state index contributed by atoms with van der Waals surface area (Å²) < 4.78 is 0. The lowest BCUT2D eigenvalue weighted by molar-refractivity contribution is 0.515. The lowest BCUT2D eigenvalue weighted by Crippen LogP contribution is -2.37. The highest BCUT2D eigenvalue weighted by atomic mass is 14.5. The van der Waals surface area contributed by atoms with Crippen molar-refractivity contribution in [2.75, 3.05) is 0 Å². The summed E-state index contributed by atoms with van der Waals surface area (Å²) in [5, 5.41) is 5.50. The third kappa shape index (κ3) is 3.43. The Bertz CT molecular complexity index is 2880. The average Bonchev–Trinajstić information content (AvgIpc) is 3.70. The van der Waals surface area contributed by atoms with E-state index >= 15 is 0 Å². The molecule has 0 amide bonds. The van der Waals surface area contributed by atoms with Crippen LogP contribution < -0.4 is 0 Å². The van der Waals surface area contributed by atoms with Gasteiger partial charge in [0.05, 0.1) is 0 Å². The second kappa shape index (κ2) is 9.87. The highest BCUT2D eigenvalue weighted by Gasteiger charge is 2.51. The van der Waals surface area contributed by atoms with Crippen LogP contribution in [0.2, 0.25) is 0 Å². The molecule has 242 valence electrons. The maximum atomic E-state index is 2.55. The summed E-state index contributed by atoms with van der Waals surface area (Å²) >= 11 is 0. The van der Waals surface area contributed by atoms with Crippen molar-refractivity contribution < 1.29 is 0 Å². The van der Waals surface area contributed by atoms with Crippen LogP contribution in [0.15, 0.2) is 180 Å². The van der Waals surface area contributed by atoms with Crippen LogP contribution in [0.1, 0.15) is 35.1 Å². The third-order valence-electron chi connectivity index (χ3n) is 13.5. The van der Waals surface area contributed by atoms with E-state index in [-0.39, 0.29) is 0 Å². The van der Waals surface area contributed by atoms with Crippen LogP contribution in [0, 0.1) is 23.7 Å². The van der Waals surface area contributed by atoms with Crippen LogP contribution in [0.25, 0.3) is 66.1 Å². The van der Waals surface area contributed by atoms with Crippen molar-refractivity contribution in [2.24, 2.45) is 23.7 Å². The average molecular weight is 659 g/mol. The standard InChI is InChI=1S/C52H34/c1-3-9-29(10-4-1)31-17-18-34-45(25-31)38-16-8-15-37-44-28-47-43-24-22-41-39-20-19-33(30-11-5-2-6-12-30)35-13-7-14-36(49(35)39)40-21-23-42(52(43)51(40)41)46(47)26-32(44)27-48(34)50(37)38/h1-3,5-9,11-28,35,49,51-52H,4,10H2. The highest BCUT2D eigenvalue weighted by Crippen LogP contribution is 2.64. The van der Waals surface area contributed by atoms with E-state index in [1.54, 1.807) is 0 Å². The first-order chi connectivity index (χ1) is 25.8. The van der Waals surface area contributed by atoms with Crippen LogP contribution in [-0.4, -0.2) is 0 Å². The summed E-state index contributed by atoms with van der Waals surface area (Å²) in [4.78, 5) is 0. The fourth-order valence-electron chi connectivity index (χ4n) is 11.3. The van der Waals surface area contributed by atoms with Gasteiger partial charge in [-0.3, -0.25) is 0 Å². The van der Waals surface area contributed by atoms with Crippen LogP contribution in [0.3, 0.4) is 0 Å². The van der Waals surface area contributed by atoms with E-state index in [0.717, 1.165) is 12.8 Å². The summed E-state index contributed by atoms with van der Waals surface area (Å²) in [5.41, 5.74) is 23.0. The number of benzene rings is 5. The van der Waals surface area contributed by atoms with E-state index in [2.05, 4.69) is 158 Å². The summed E-state index contributed by atoms with van der Waals surface area (Å²) in [6.45, 7) is 0. The van der Waals surface area contributed by atoms with Crippen molar-refractivity contribution in [3.05, 3.63) is 202 Å². The van der Waals surface area contributed by atoms with Gasteiger partial charge in [-0.15, -0.1) is 0 Å². The maximum Gasteiger partial charge on any atom is 0.0211 e. The van der Waals surface area contributed by atoms with E-state index in [0.29, 0.717) is 23.7 Å². The molecule has 0 aliphatic heterocycles. The van der Waals surface area contributed by atoms with Gasteiger partial charge in [-0.25, -0.2) is 0 Å². The Morgan fingerprint density at radius 2 is 1.15 bits per heavy atom. The van der Waals surface area contributed by atoms with E-state index in [9.17, 15) is 0 Å². The van der Waals surface area contributed by atoms with Crippen molar-refractivity contribution in [3.63, 3.8) is 0 Å². The molecule has 1 fully saturated rings. The molecule has 0 radical (unpaired) electrons. The van der Waals surface area contributed by atoms with Gasteiger partial charge in [-0.05, 0) is 148 Å². The number of fused-ring (bicyclic) bond motifs is 10. The minimum Gasteiger partial charge on any atom is -0.0842 e. The smallest absolute Gasteiger partial charge is 0.0211 e. The minimum atomic E-state index is 0.357. The zero-order valence-electron chi connectivity index (χ0n) is 28.7. The Hall–Kier alpha value is -5.98. The second-order valence-corrected chi connectivity index (χ2v) is 15.8. The molecule has 0 aromatic heterocycles. The highest BCUT2D eigenvalue weighted by molar-refractivity contribution is 6.24. The molecule has 0 heteroatoms. The van der Waals surface area contributed by atoms with Crippen molar-refractivity contribution in [2.45, 2.75) is 12.8 Å². The number of hydrogen-bond acceptors (Lipinski definition) is 0. The van der Waals surface area contributed by atoms with Crippen LogP contribution in [0.5, 0.6) is 0 Å². The lowest BCUT2D eigenvalue weighted by Gasteiger charge is -2.48. The Morgan fingerprint density at radius 1 is 0.423 bits per heavy atom. The molecule has 8 aliphatic carbocycles. The first-order valence-electron chi connectivity index (χ1n) is 19.1. The monoisotopic (exact) mass is 658 g/mol. The molecule has 0 saturated heterocycles. The molecular weight excluding hydrogens is 625 g/mol. The Labute approximate surface area is 303 Å². The largest absolute Gasteiger partial charge is 0.0842 e. The minimum absolute atomic E-state index is 0.357. The molecule has 5 aromatic rings. The van der Waals surface area contributed by atoms with E-state index in [4.69, 9.17) is 0 Å². The Kier molecular flexibility index (Phi) is 5.26. The number of allylic oxidation sites excluding steroid dienone is 20. The summed E-state index contributed by atoms with van der Waals surface area (Å²) in [7, 11) is 0. The van der Waals surface area contributed by atoms with Gasteiger partial charge in [0.25, 0.3) is 0 Å². The topological polar surface area (TPSA) is 0 Å². The van der Waals surface area contributed by atoms with Crippen molar-refractivity contribution >= 4 is 43.8 Å². The van der Waals surface area contributed by atoms with Gasteiger partial charge < -0.3 is 0 Å². The SMILES string of the molecule is C1=CCCC(c2ccc3c(c2)-c2cccc4c2c-3cc2cc3c(cc24)C2=CC=C4C5=CC=C(c6ccccc6)C6C=CC=C(C7=CC=C3C2C74)C56)=C1. The molecule has 0 nitrogen and oxygen atoms in total. The first kappa shape index (κ1) is 27.7. The zero-order valence-corrected chi connectivity index (χ0v) is 28.7. The molecule has 4 atom stereocenters. The van der Waals surface area contributed by atoms with Gasteiger partial charge in [0.1, 0.15) is 0 Å². The van der Waals surface area contributed by atoms with Gasteiger partial charge in [0, 0.05) is 23.7 Å². The van der Waals surface area contributed by atoms with Crippen molar-refractivity contribution in [1.29, 1.82) is 0 Å². The second-order valence-electron chi connectivity index (χ2n) is 15.8. The number of rotatable bonds is 2. The first-order valence-corrected chi connectivity index (χ1v) is 19.1. The fraction of sp³-hybridized carbons (Fsp3) is 0.115. The van der Waals surface area contributed by atoms with E-state index in [1.807, 2.05) is 0 Å². The maximum absolute atomic E-state index is 2.55. The normalized spacial score (nSPS) is 24.8. The van der Waals surface area contributed by atoms with Crippen LogP contribution in [-0.2, 0) is 0 Å². The van der Waals surface area contributed by atoms with Crippen molar-refractivity contribution in [3.8, 4) is 22.3 Å². The molecule has 4 unspecified atom stereocenters. The molecule has 0 bridgehead atoms. The number of hydrogen-bond donors (Lipinski definition) is 0. The molecular formula is C52H34. The van der Waals surface area contributed by atoms with Crippen LogP contribution >= 0.6 is 0 Å². The van der Waals surface area contributed by atoms with Crippen LogP contribution in [0.4, 0.5) is 0 Å². The third-order valence-corrected chi connectivity index (χ3v) is 13.5. The predicted molar refractivity (Wildman–Crippen MR) is 218 cm³/mol. The summed E-state index contributed by atoms with van der Waals surface area (Å²) in [6.07, 6.45) is 31.0. The molecule has 1 saturated carbocycles. The lowest BCUT2D eigenvalue weighted by atomic mass is 9.54. The summed E-state index contributed by atoms with van der Waals surface area (Å²) in [6, 6.07) is 32.7. The zero-order chi connectivity index (χ0) is 33.7. The Balaban J connectivity index is 0.986. The Morgan fingerprint density at radius 3 is 1.98 bits per heavy atom. The predicted octanol–water partition coefficient (Wildman–Crippen LogP) is 13.0. The molecule has 52 heavy (non-hydrogen) atoms. The van der Waals surface area contributed by atoms with Gasteiger partial charge >= 0.3 is 0 Å². The van der Waals surface area contributed by atoms with Gasteiger partial charge in [0.2, 0.25) is 0 Å². The van der Waals surface area contributed by atoms with Gasteiger partial charge in [-0.2, -0.15) is 0 Å². The summed E-state index contributed by atoms with van der Waals surface area (Å²) in [5.74, 6) is 1.44.